The lowest BCUT2D eigenvalue weighted by molar-refractivity contribution is -0.119. The molecule has 2 aromatic carbocycles. The Bertz CT molecular complexity index is 986. The van der Waals surface area contributed by atoms with Crippen LogP contribution in [0.15, 0.2) is 58.0 Å². The van der Waals surface area contributed by atoms with Crippen LogP contribution in [0.2, 0.25) is 5.02 Å². The van der Waals surface area contributed by atoms with Gasteiger partial charge in [-0.05, 0) is 30.3 Å². The summed E-state index contributed by atoms with van der Waals surface area (Å²) in [5.41, 5.74) is 1.32. The molecule has 1 spiro atoms. The highest BCUT2D eigenvalue weighted by atomic mass is 79.9. The summed E-state index contributed by atoms with van der Waals surface area (Å²) in [6.45, 7) is 1.67. The van der Waals surface area contributed by atoms with Gasteiger partial charge in [-0.1, -0.05) is 45.7 Å². The van der Waals surface area contributed by atoms with Crippen LogP contribution in [0.3, 0.4) is 0 Å². The van der Waals surface area contributed by atoms with Gasteiger partial charge in [-0.25, -0.2) is 0 Å². The fourth-order valence-corrected chi connectivity index (χ4v) is 4.27. The van der Waals surface area contributed by atoms with E-state index in [-0.39, 0.29) is 11.8 Å². The number of carbonyl (C=O) groups excluding carboxylic acids is 2. The zero-order valence-electron chi connectivity index (χ0n) is 15.6. The van der Waals surface area contributed by atoms with Crippen molar-refractivity contribution in [2.75, 3.05) is 25.0 Å². The normalized spacial score (nSPS) is 18.4. The van der Waals surface area contributed by atoms with Gasteiger partial charge in [-0.3, -0.25) is 19.5 Å². The van der Waals surface area contributed by atoms with Crippen molar-refractivity contribution in [3.8, 4) is 0 Å². The summed E-state index contributed by atoms with van der Waals surface area (Å²) in [5.74, 6) is -0.231. The monoisotopic (exact) mass is 474 g/mol. The second kappa shape index (κ2) is 8.26. The number of aliphatic imine (C=N–C) groups is 1. The maximum atomic E-state index is 12.5. The second-order valence-electron chi connectivity index (χ2n) is 7.29. The molecule has 4 rings (SSSR count). The molecule has 2 aromatic rings. The van der Waals surface area contributed by atoms with Gasteiger partial charge in [-0.2, -0.15) is 0 Å². The van der Waals surface area contributed by atoms with Gasteiger partial charge < -0.3 is 10.6 Å². The van der Waals surface area contributed by atoms with Crippen molar-refractivity contribution < 1.29 is 9.59 Å². The highest BCUT2D eigenvalue weighted by molar-refractivity contribution is 9.10. The van der Waals surface area contributed by atoms with Crippen molar-refractivity contribution in [3.05, 3.63) is 63.6 Å². The van der Waals surface area contributed by atoms with Crippen molar-refractivity contribution >= 4 is 50.7 Å². The van der Waals surface area contributed by atoms with E-state index in [0.29, 0.717) is 43.2 Å². The molecule has 0 unspecified atom stereocenters. The van der Waals surface area contributed by atoms with Crippen LogP contribution >= 0.6 is 27.5 Å². The highest BCUT2D eigenvalue weighted by Crippen LogP contribution is 2.29. The van der Waals surface area contributed by atoms with Crippen LogP contribution in [0.1, 0.15) is 18.4 Å². The van der Waals surface area contributed by atoms with Crippen molar-refractivity contribution in [1.82, 2.24) is 10.2 Å². The van der Waals surface area contributed by atoms with Crippen molar-refractivity contribution in [3.63, 3.8) is 0 Å². The lowest BCUT2D eigenvalue weighted by Crippen LogP contribution is -2.52. The summed E-state index contributed by atoms with van der Waals surface area (Å²) in [6.07, 6.45) is 1.32. The number of rotatable bonds is 4. The average molecular weight is 476 g/mol. The molecule has 2 aliphatic heterocycles. The fraction of sp³-hybridized carbons (Fsp3) is 0.286. The predicted octanol–water partition coefficient (Wildman–Crippen LogP) is 3.45. The van der Waals surface area contributed by atoms with E-state index in [0.717, 1.165) is 15.7 Å². The summed E-state index contributed by atoms with van der Waals surface area (Å²) < 4.78 is 0.917. The van der Waals surface area contributed by atoms with Crippen LogP contribution in [-0.2, 0) is 9.59 Å². The zero-order chi connectivity index (χ0) is 20.4. The lowest BCUT2D eigenvalue weighted by Gasteiger charge is -2.36. The lowest BCUT2D eigenvalue weighted by atomic mass is 9.98. The average Bonchev–Trinajstić information content (AvgIpc) is 3.00. The van der Waals surface area contributed by atoms with Gasteiger partial charge in [0.2, 0.25) is 5.91 Å². The van der Waals surface area contributed by atoms with Gasteiger partial charge in [0.1, 0.15) is 11.4 Å². The van der Waals surface area contributed by atoms with E-state index in [4.69, 9.17) is 16.6 Å². The number of benzene rings is 2. The number of nitrogens with zero attached hydrogens (tertiary/aromatic N) is 2. The SMILES string of the molecule is O=C(CN1CCC2(CC1)N=C(c1cccc(Cl)c1)C(=O)N2)Nc1cccc(Br)c1. The number of hydrogen-bond donors (Lipinski definition) is 2. The number of likely N-dealkylation sites (tertiary alicyclic amines) is 1. The Balaban J connectivity index is 1.36. The fourth-order valence-electron chi connectivity index (χ4n) is 3.68. The minimum Gasteiger partial charge on any atom is -0.326 e. The van der Waals surface area contributed by atoms with E-state index in [1.54, 1.807) is 12.1 Å². The Kier molecular flexibility index (Phi) is 5.72. The zero-order valence-corrected chi connectivity index (χ0v) is 18.0. The van der Waals surface area contributed by atoms with Crippen LogP contribution in [0, 0.1) is 0 Å². The number of piperidine rings is 1. The van der Waals surface area contributed by atoms with Crippen molar-refractivity contribution in [1.29, 1.82) is 0 Å². The Morgan fingerprint density at radius 3 is 2.69 bits per heavy atom. The van der Waals surface area contributed by atoms with E-state index >= 15 is 0 Å². The van der Waals surface area contributed by atoms with Gasteiger partial charge >= 0.3 is 0 Å². The van der Waals surface area contributed by atoms with Gasteiger partial charge in [0.15, 0.2) is 0 Å². The van der Waals surface area contributed by atoms with Gasteiger partial charge in [0, 0.05) is 46.7 Å². The van der Waals surface area contributed by atoms with Crippen LogP contribution in [0.25, 0.3) is 0 Å². The molecule has 6 nitrogen and oxygen atoms in total. The number of carbonyl (C=O) groups is 2. The molecule has 1 fully saturated rings. The molecule has 8 heteroatoms. The molecule has 0 aromatic heterocycles. The molecular weight excluding hydrogens is 456 g/mol. The first-order valence-corrected chi connectivity index (χ1v) is 10.6. The smallest absolute Gasteiger partial charge is 0.272 e. The van der Waals surface area contributed by atoms with Crippen LogP contribution in [0.5, 0.6) is 0 Å². The molecule has 0 bridgehead atoms. The summed E-state index contributed by atoms with van der Waals surface area (Å²) in [4.78, 5) is 31.6. The molecule has 0 aliphatic carbocycles. The first kappa shape index (κ1) is 20.1. The van der Waals surface area contributed by atoms with Crippen LogP contribution < -0.4 is 10.6 Å². The van der Waals surface area contributed by atoms with E-state index in [1.165, 1.54) is 0 Å². The molecular formula is C21H20BrClN4O2. The predicted molar refractivity (Wildman–Crippen MR) is 117 cm³/mol. The number of amides is 2. The Morgan fingerprint density at radius 1 is 1.21 bits per heavy atom. The van der Waals surface area contributed by atoms with Crippen LogP contribution in [-0.4, -0.2) is 47.7 Å². The number of nitrogens with one attached hydrogen (secondary N) is 2. The first-order chi connectivity index (χ1) is 13.9. The largest absolute Gasteiger partial charge is 0.326 e. The van der Waals surface area contributed by atoms with E-state index in [9.17, 15) is 9.59 Å². The summed E-state index contributed by atoms with van der Waals surface area (Å²) in [5, 5.41) is 6.52. The standard InChI is InChI=1S/C21H20BrClN4O2/c22-15-4-2-6-17(12-15)24-18(28)13-27-9-7-21(8-10-27)25-19(20(29)26-21)14-3-1-5-16(23)11-14/h1-6,11-12H,7-10,13H2,(H,24,28)(H,26,29). The third kappa shape index (κ3) is 4.69. The third-order valence-electron chi connectivity index (χ3n) is 5.14. The molecule has 150 valence electrons. The van der Waals surface area contributed by atoms with Gasteiger partial charge in [-0.15, -0.1) is 0 Å². The third-order valence-corrected chi connectivity index (χ3v) is 5.87. The molecule has 0 radical (unpaired) electrons. The van der Waals surface area contributed by atoms with E-state index < -0.39 is 5.66 Å². The second-order valence-corrected chi connectivity index (χ2v) is 8.64. The number of anilines is 1. The first-order valence-electron chi connectivity index (χ1n) is 9.39. The van der Waals surface area contributed by atoms with E-state index in [2.05, 4.69) is 31.5 Å². The highest BCUT2D eigenvalue weighted by Gasteiger charge is 2.42. The molecule has 2 heterocycles. The maximum Gasteiger partial charge on any atom is 0.272 e. The van der Waals surface area contributed by atoms with Crippen LogP contribution in [0.4, 0.5) is 5.69 Å². The Labute approximate surface area is 182 Å². The molecule has 1 saturated heterocycles. The van der Waals surface area contributed by atoms with Gasteiger partial charge in [0.25, 0.3) is 5.91 Å². The molecule has 2 amide bonds. The molecule has 29 heavy (non-hydrogen) atoms. The number of halogens is 2. The van der Waals surface area contributed by atoms with Crippen molar-refractivity contribution in [2.24, 2.45) is 4.99 Å². The molecule has 2 N–H and O–H groups in total. The quantitative estimate of drug-likeness (QED) is 0.711. The topological polar surface area (TPSA) is 73.8 Å². The van der Waals surface area contributed by atoms with Gasteiger partial charge in [0.05, 0.1) is 6.54 Å². The Morgan fingerprint density at radius 2 is 1.97 bits per heavy atom. The minimum atomic E-state index is -0.591. The van der Waals surface area contributed by atoms with Crippen molar-refractivity contribution in [2.45, 2.75) is 18.5 Å². The van der Waals surface area contributed by atoms with E-state index in [1.807, 2.05) is 36.4 Å². The summed E-state index contributed by atoms with van der Waals surface area (Å²) >= 11 is 9.45. The maximum absolute atomic E-state index is 12.5. The summed E-state index contributed by atoms with van der Waals surface area (Å²) in [7, 11) is 0. The molecule has 0 saturated carbocycles. The molecule has 2 aliphatic rings. The minimum absolute atomic E-state index is 0.0578. The molecule has 0 atom stereocenters. The summed E-state index contributed by atoms with van der Waals surface area (Å²) in [6, 6.07) is 14.7. The number of hydrogen-bond acceptors (Lipinski definition) is 4. The Hall–Kier alpha value is -2.22.